The third kappa shape index (κ3) is 4.07. The Bertz CT molecular complexity index is 584. The molecule has 2 amide bonds. The lowest BCUT2D eigenvalue weighted by atomic mass is 9.72. The standard InChI is InChI=1S/C21H34N2O5/c1-15(27-13-20-7-4-17(5-8-20)28-14-20)18(22-16(2)24)19(25)23-9-3-6-21(10-23)11-26-12-21/h15,17-18H,3-14H2,1-2H3,(H,22,24). The number of hydrogen-bond acceptors (Lipinski definition) is 5. The van der Waals surface area contributed by atoms with Crippen molar-refractivity contribution >= 4 is 11.8 Å². The summed E-state index contributed by atoms with van der Waals surface area (Å²) in [4.78, 5) is 27.0. The van der Waals surface area contributed by atoms with E-state index >= 15 is 0 Å². The van der Waals surface area contributed by atoms with Crippen LogP contribution in [0.5, 0.6) is 0 Å². The van der Waals surface area contributed by atoms with Crippen molar-refractivity contribution in [2.24, 2.45) is 10.8 Å². The summed E-state index contributed by atoms with van der Waals surface area (Å²) in [5.41, 5.74) is 0.196. The largest absolute Gasteiger partial charge is 0.380 e. The summed E-state index contributed by atoms with van der Waals surface area (Å²) < 4.78 is 17.5. The van der Waals surface area contributed by atoms with Gasteiger partial charge in [-0.25, -0.2) is 0 Å². The van der Waals surface area contributed by atoms with Gasteiger partial charge in [-0.3, -0.25) is 9.59 Å². The molecule has 4 aliphatic heterocycles. The van der Waals surface area contributed by atoms with Crippen molar-refractivity contribution in [1.29, 1.82) is 0 Å². The minimum atomic E-state index is -0.647. The van der Waals surface area contributed by atoms with E-state index in [1.807, 2.05) is 11.8 Å². The highest BCUT2D eigenvalue weighted by Gasteiger charge is 2.46. The molecular formula is C21H34N2O5. The molecule has 0 aromatic heterocycles. The molecule has 28 heavy (non-hydrogen) atoms. The molecule has 4 heterocycles. The van der Waals surface area contributed by atoms with Gasteiger partial charge in [-0.15, -0.1) is 0 Å². The van der Waals surface area contributed by atoms with Gasteiger partial charge in [0.05, 0.1) is 38.6 Å². The zero-order chi connectivity index (χ0) is 19.8. The molecule has 2 unspecified atom stereocenters. The van der Waals surface area contributed by atoms with Gasteiger partial charge >= 0.3 is 0 Å². The quantitative estimate of drug-likeness (QED) is 0.739. The average molecular weight is 395 g/mol. The number of amides is 2. The van der Waals surface area contributed by atoms with Gasteiger partial charge in [0.15, 0.2) is 0 Å². The molecule has 5 rings (SSSR count). The Morgan fingerprint density at radius 1 is 1.21 bits per heavy atom. The van der Waals surface area contributed by atoms with Crippen molar-refractivity contribution in [2.45, 2.75) is 70.6 Å². The molecule has 2 atom stereocenters. The Morgan fingerprint density at radius 2 is 1.96 bits per heavy atom. The molecule has 1 aliphatic carbocycles. The molecule has 7 heteroatoms. The van der Waals surface area contributed by atoms with Crippen molar-refractivity contribution in [3.8, 4) is 0 Å². The molecule has 5 aliphatic rings. The first-order valence-electron chi connectivity index (χ1n) is 10.8. The van der Waals surface area contributed by atoms with Crippen molar-refractivity contribution in [2.75, 3.05) is 39.5 Å². The van der Waals surface area contributed by atoms with E-state index in [2.05, 4.69) is 5.32 Å². The maximum absolute atomic E-state index is 13.3. The third-order valence-electron chi connectivity index (χ3n) is 7.15. The Kier molecular flexibility index (Phi) is 5.69. The van der Waals surface area contributed by atoms with Crippen LogP contribution in [0.15, 0.2) is 0 Å². The Balaban J connectivity index is 1.38. The monoisotopic (exact) mass is 394 g/mol. The average Bonchev–Trinajstić information content (AvgIpc) is 2.70. The van der Waals surface area contributed by atoms with Gasteiger partial charge < -0.3 is 24.4 Å². The second kappa shape index (κ2) is 7.92. The topological polar surface area (TPSA) is 77.1 Å². The van der Waals surface area contributed by atoms with Crippen molar-refractivity contribution in [3.63, 3.8) is 0 Å². The number of nitrogens with one attached hydrogen (secondary N) is 1. The van der Waals surface area contributed by atoms with E-state index in [4.69, 9.17) is 14.2 Å². The number of nitrogens with zero attached hydrogens (tertiary/aromatic N) is 1. The molecule has 7 nitrogen and oxygen atoms in total. The molecule has 1 spiro atoms. The van der Waals surface area contributed by atoms with Crippen LogP contribution in [0.2, 0.25) is 0 Å². The predicted molar refractivity (Wildman–Crippen MR) is 103 cm³/mol. The molecule has 2 bridgehead atoms. The number of carbonyl (C=O) groups excluding carboxylic acids is 2. The highest BCUT2D eigenvalue weighted by molar-refractivity contribution is 5.87. The molecule has 5 fully saturated rings. The predicted octanol–water partition coefficient (Wildman–Crippen LogP) is 1.49. The number of ether oxygens (including phenoxy) is 3. The number of piperidine rings is 1. The molecule has 0 aromatic rings. The van der Waals surface area contributed by atoms with E-state index in [-0.39, 0.29) is 28.7 Å². The van der Waals surface area contributed by atoms with E-state index in [9.17, 15) is 9.59 Å². The maximum Gasteiger partial charge on any atom is 0.247 e. The van der Waals surface area contributed by atoms with E-state index in [1.54, 1.807) is 0 Å². The van der Waals surface area contributed by atoms with Crippen LogP contribution in [-0.2, 0) is 23.8 Å². The first-order valence-corrected chi connectivity index (χ1v) is 10.8. The van der Waals surface area contributed by atoms with E-state index in [0.29, 0.717) is 19.3 Å². The minimum absolute atomic E-state index is 0.0326. The van der Waals surface area contributed by atoms with Crippen LogP contribution in [0.25, 0.3) is 0 Å². The Labute approximate surface area is 167 Å². The fourth-order valence-corrected chi connectivity index (χ4v) is 5.22. The van der Waals surface area contributed by atoms with Crippen molar-refractivity contribution in [3.05, 3.63) is 0 Å². The lowest BCUT2D eigenvalue weighted by molar-refractivity contribution is -0.168. The van der Waals surface area contributed by atoms with Gasteiger partial charge in [-0.2, -0.15) is 0 Å². The van der Waals surface area contributed by atoms with Crippen molar-refractivity contribution in [1.82, 2.24) is 10.2 Å². The molecule has 1 N–H and O–H groups in total. The van der Waals surface area contributed by atoms with Gasteiger partial charge in [-0.05, 0) is 45.4 Å². The summed E-state index contributed by atoms with van der Waals surface area (Å²) in [5.74, 6) is -0.234. The van der Waals surface area contributed by atoms with Gasteiger partial charge in [-0.1, -0.05) is 0 Å². The van der Waals surface area contributed by atoms with E-state index < -0.39 is 6.04 Å². The van der Waals surface area contributed by atoms with Gasteiger partial charge in [0.2, 0.25) is 11.8 Å². The molecule has 1 saturated carbocycles. The molecule has 0 aromatic carbocycles. The second-order valence-electron chi connectivity index (χ2n) is 9.56. The first kappa shape index (κ1) is 20.1. The molecular weight excluding hydrogens is 360 g/mol. The van der Waals surface area contributed by atoms with Crippen LogP contribution in [0.3, 0.4) is 0 Å². The van der Waals surface area contributed by atoms with Gasteiger partial charge in [0.1, 0.15) is 6.04 Å². The molecule has 158 valence electrons. The zero-order valence-corrected chi connectivity index (χ0v) is 17.2. The normalized spacial score (nSPS) is 33.2. The fraction of sp³-hybridized carbons (Fsp3) is 0.905. The number of fused-ring (bicyclic) bond motifs is 3. The van der Waals surface area contributed by atoms with E-state index in [1.165, 1.54) is 6.92 Å². The minimum Gasteiger partial charge on any atom is -0.380 e. The summed E-state index contributed by atoms with van der Waals surface area (Å²) in [6.45, 7) is 7.61. The highest BCUT2D eigenvalue weighted by atomic mass is 16.5. The second-order valence-corrected chi connectivity index (χ2v) is 9.56. The Morgan fingerprint density at radius 3 is 2.54 bits per heavy atom. The lowest BCUT2D eigenvalue weighted by Crippen LogP contribution is -2.61. The van der Waals surface area contributed by atoms with Crippen LogP contribution in [-0.4, -0.2) is 74.5 Å². The van der Waals surface area contributed by atoms with Gasteiger partial charge in [0.25, 0.3) is 0 Å². The van der Waals surface area contributed by atoms with Crippen LogP contribution < -0.4 is 5.32 Å². The number of carbonyl (C=O) groups is 2. The number of likely N-dealkylation sites (tertiary alicyclic amines) is 1. The fourth-order valence-electron chi connectivity index (χ4n) is 5.22. The zero-order valence-electron chi connectivity index (χ0n) is 17.2. The smallest absolute Gasteiger partial charge is 0.247 e. The Hall–Kier alpha value is -1.18. The maximum atomic E-state index is 13.3. The summed E-state index contributed by atoms with van der Waals surface area (Å²) in [6.07, 6.45) is 6.59. The van der Waals surface area contributed by atoms with Crippen LogP contribution in [0.4, 0.5) is 0 Å². The molecule has 0 radical (unpaired) electrons. The highest BCUT2D eigenvalue weighted by Crippen LogP contribution is 2.43. The SMILES string of the molecule is CC(=O)NC(C(=O)N1CCCC2(COC2)C1)C(C)OCC12CCC(CC1)OC2. The van der Waals surface area contributed by atoms with Crippen molar-refractivity contribution < 1.29 is 23.8 Å². The summed E-state index contributed by atoms with van der Waals surface area (Å²) in [7, 11) is 0. The summed E-state index contributed by atoms with van der Waals surface area (Å²) >= 11 is 0. The van der Waals surface area contributed by atoms with Crippen LogP contribution in [0.1, 0.15) is 52.4 Å². The van der Waals surface area contributed by atoms with Crippen LogP contribution in [0, 0.1) is 10.8 Å². The third-order valence-corrected chi connectivity index (χ3v) is 7.15. The summed E-state index contributed by atoms with van der Waals surface area (Å²) in [6, 6.07) is -0.647. The lowest BCUT2D eigenvalue weighted by Gasteiger charge is -2.49. The number of rotatable bonds is 6. The number of hydrogen-bond donors (Lipinski definition) is 1. The molecule has 4 saturated heterocycles. The van der Waals surface area contributed by atoms with Crippen LogP contribution >= 0.6 is 0 Å². The summed E-state index contributed by atoms with van der Waals surface area (Å²) in [5, 5.41) is 2.85. The van der Waals surface area contributed by atoms with Gasteiger partial charge in [0, 0.05) is 30.8 Å². The first-order chi connectivity index (χ1) is 13.4. The van der Waals surface area contributed by atoms with E-state index in [0.717, 1.165) is 64.9 Å².